The highest BCUT2D eigenvalue weighted by Gasteiger charge is 2.16. The van der Waals surface area contributed by atoms with Crippen molar-refractivity contribution in [1.29, 1.82) is 0 Å². The van der Waals surface area contributed by atoms with Crippen LogP contribution in [-0.2, 0) is 13.0 Å². The van der Waals surface area contributed by atoms with E-state index in [4.69, 9.17) is 4.74 Å². The van der Waals surface area contributed by atoms with E-state index >= 15 is 0 Å². The molecule has 0 spiro atoms. The molecular weight excluding hydrogens is 258 g/mol. The first kappa shape index (κ1) is 14.2. The third-order valence-electron chi connectivity index (χ3n) is 4.10. The third kappa shape index (κ3) is 2.96. The fourth-order valence-corrected chi connectivity index (χ4v) is 2.94. The van der Waals surface area contributed by atoms with Gasteiger partial charge in [-0.1, -0.05) is 37.3 Å². The zero-order valence-corrected chi connectivity index (χ0v) is 12.9. The number of rotatable bonds is 4. The van der Waals surface area contributed by atoms with Crippen molar-refractivity contribution in [3.05, 3.63) is 53.1 Å². The number of hydrogen-bond acceptors (Lipinski definition) is 2. The summed E-state index contributed by atoms with van der Waals surface area (Å²) in [5, 5.41) is 3.39. The lowest BCUT2D eigenvalue weighted by Crippen LogP contribution is -2.12. The molecule has 2 nitrogen and oxygen atoms in total. The van der Waals surface area contributed by atoms with Gasteiger partial charge in [0, 0.05) is 12.1 Å². The highest BCUT2D eigenvalue weighted by atomic mass is 16.5. The van der Waals surface area contributed by atoms with E-state index in [1.54, 1.807) is 0 Å². The largest absolute Gasteiger partial charge is 0.493 e. The Morgan fingerprint density at radius 2 is 2.05 bits per heavy atom. The molecule has 0 amide bonds. The SMILES string of the molecule is CCNCc1ccc(C)c(-c2cccc3c2OCCC3)c1. The average molecular weight is 281 g/mol. The molecule has 0 unspecified atom stereocenters. The molecule has 1 aliphatic rings. The second kappa shape index (κ2) is 6.31. The Bertz CT molecular complexity index is 633. The fraction of sp³-hybridized carbons (Fsp3) is 0.368. The van der Waals surface area contributed by atoms with Gasteiger partial charge >= 0.3 is 0 Å². The Morgan fingerprint density at radius 1 is 1.14 bits per heavy atom. The van der Waals surface area contributed by atoms with Gasteiger partial charge < -0.3 is 10.1 Å². The predicted octanol–water partition coefficient (Wildman–Crippen LogP) is 4.10. The van der Waals surface area contributed by atoms with Gasteiger partial charge in [0.05, 0.1) is 6.61 Å². The molecule has 0 saturated carbocycles. The lowest BCUT2D eigenvalue weighted by molar-refractivity contribution is 0.289. The van der Waals surface area contributed by atoms with Crippen LogP contribution in [0.4, 0.5) is 0 Å². The maximum Gasteiger partial charge on any atom is 0.130 e. The standard InChI is InChI=1S/C19H23NO/c1-3-20-13-15-10-9-14(2)18(12-15)17-8-4-6-16-7-5-11-21-19(16)17/h4,6,8-10,12,20H,3,5,7,11,13H2,1-2H3. The summed E-state index contributed by atoms with van der Waals surface area (Å²) in [4.78, 5) is 0. The van der Waals surface area contributed by atoms with Crippen molar-refractivity contribution < 1.29 is 4.74 Å². The summed E-state index contributed by atoms with van der Waals surface area (Å²) in [5.41, 5.74) is 6.51. The van der Waals surface area contributed by atoms with Crippen LogP contribution in [0.25, 0.3) is 11.1 Å². The maximum atomic E-state index is 5.97. The zero-order valence-electron chi connectivity index (χ0n) is 12.9. The van der Waals surface area contributed by atoms with Crippen LogP contribution < -0.4 is 10.1 Å². The lowest BCUT2D eigenvalue weighted by Gasteiger charge is -2.21. The Labute approximate surface area is 127 Å². The monoisotopic (exact) mass is 281 g/mol. The Balaban J connectivity index is 2.03. The fourth-order valence-electron chi connectivity index (χ4n) is 2.94. The molecule has 2 aromatic rings. The maximum absolute atomic E-state index is 5.97. The quantitative estimate of drug-likeness (QED) is 0.911. The smallest absolute Gasteiger partial charge is 0.130 e. The molecule has 0 fully saturated rings. The molecule has 0 radical (unpaired) electrons. The molecule has 0 aliphatic carbocycles. The minimum atomic E-state index is 0.833. The molecule has 1 aliphatic heterocycles. The number of aryl methyl sites for hydroxylation is 2. The molecule has 0 aromatic heterocycles. The first-order valence-electron chi connectivity index (χ1n) is 7.85. The Morgan fingerprint density at radius 3 is 2.90 bits per heavy atom. The zero-order chi connectivity index (χ0) is 14.7. The summed E-state index contributed by atoms with van der Waals surface area (Å²) in [7, 11) is 0. The number of benzene rings is 2. The molecule has 2 heteroatoms. The number of nitrogens with one attached hydrogen (secondary N) is 1. The van der Waals surface area contributed by atoms with E-state index in [1.165, 1.54) is 27.8 Å². The molecule has 1 N–H and O–H groups in total. The molecule has 110 valence electrons. The highest BCUT2D eigenvalue weighted by Crippen LogP contribution is 2.37. The van der Waals surface area contributed by atoms with E-state index < -0.39 is 0 Å². The van der Waals surface area contributed by atoms with Crippen molar-refractivity contribution in [1.82, 2.24) is 5.32 Å². The topological polar surface area (TPSA) is 21.3 Å². The Hall–Kier alpha value is -1.80. The predicted molar refractivity (Wildman–Crippen MR) is 87.8 cm³/mol. The highest BCUT2D eigenvalue weighted by molar-refractivity contribution is 5.75. The summed E-state index contributed by atoms with van der Waals surface area (Å²) < 4.78 is 5.97. The number of fused-ring (bicyclic) bond motifs is 1. The van der Waals surface area contributed by atoms with Crippen LogP contribution in [0.5, 0.6) is 5.75 Å². The first-order valence-corrected chi connectivity index (χ1v) is 7.85. The van der Waals surface area contributed by atoms with Crippen LogP contribution in [0, 0.1) is 6.92 Å². The van der Waals surface area contributed by atoms with Crippen molar-refractivity contribution in [2.24, 2.45) is 0 Å². The Kier molecular flexibility index (Phi) is 4.26. The number of hydrogen-bond donors (Lipinski definition) is 1. The lowest BCUT2D eigenvalue weighted by atomic mass is 9.93. The van der Waals surface area contributed by atoms with Crippen molar-refractivity contribution in [3.63, 3.8) is 0 Å². The van der Waals surface area contributed by atoms with E-state index in [1.807, 2.05) is 0 Å². The van der Waals surface area contributed by atoms with E-state index in [0.717, 1.165) is 38.3 Å². The van der Waals surface area contributed by atoms with Gasteiger partial charge in [-0.15, -0.1) is 0 Å². The van der Waals surface area contributed by atoms with Crippen molar-refractivity contribution in [2.45, 2.75) is 33.2 Å². The second-order valence-electron chi connectivity index (χ2n) is 5.68. The van der Waals surface area contributed by atoms with E-state index in [-0.39, 0.29) is 0 Å². The average Bonchev–Trinajstić information content (AvgIpc) is 2.54. The molecule has 0 atom stereocenters. The van der Waals surface area contributed by atoms with E-state index in [0.29, 0.717) is 0 Å². The third-order valence-corrected chi connectivity index (χ3v) is 4.10. The molecular formula is C19H23NO. The molecule has 2 aromatic carbocycles. The van der Waals surface area contributed by atoms with Gasteiger partial charge in [0.1, 0.15) is 5.75 Å². The number of para-hydroxylation sites is 1. The van der Waals surface area contributed by atoms with Gasteiger partial charge in [-0.05, 0) is 54.6 Å². The van der Waals surface area contributed by atoms with E-state index in [9.17, 15) is 0 Å². The molecule has 21 heavy (non-hydrogen) atoms. The van der Waals surface area contributed by atoms with Crippen LogP contribution in [0.2, 0.25) is 0 Å². The molecule has 0 bridgehead atoms. The summed E-state index contributed by atoms with van der Waals surface area (Å²) >= 11 is 0. The number of ether oxygens (including phenoxy) is 1. The second-order valence-corrected chi connectivity index (χ2v) is 5.68. The van der Waals surface area contributed by atoms with Gasteiger partial charge in [-0.25, -0.2) is 0 Å². The van der Waals surface area contributed by atoms with Gasteiger partial charge in [0.2, 0.25) is 0 Å². The van der Waals surface area contributed by atoms with Crippen LogP contribution in [-0.4, -0.2) is 13.2 Å². The van der Waals surface area contributed by atoms with Crippen LogP contribution >= 0.6 is 0 Å². The minimum Gasteiger partial charge on any atom is -0.493 e. The summed E-state index contributed by atoms with van der Waals surface area (Å²) in [6.45, 7) is 7.05. The molecule has 1 heterocycles. The van der Waals surface area contributed by atoms with E-state index in [2.05, 4.69) is 55.6 Å². The molecule has 0 saturated heterocycles. The van der Waals surface area contributed by atoms with Gasteiger partial charge in [0.15, 0.2) is 0 Å². The van der Waals surface area contributed by atoms with Crippen molar-refractivity contribution in [3.8, 4) is 16.9 Å². The summed E-state index contributed by atoms with van der Waals surface area (Å²) in [5.74, 6) is 1.09. The normalized spacial score (nSPS) is 13.6. The van der Waals surface area contributed by atoms with Crippen LogP contribution in [0.15, 0.2) is 36.4 Å². The van der Waals surface area contributed by atoms with Gasteiger partial charge in [-0.3, -0.25) is 0 Å². The molecule has 3 rings (SSSR count). The minimum absolute atomic E-state index is 0.833. The van der Waals surface area contributed by atoms with Crippen LogP contribution in [0.3, 0.4) is 0 Å². The van der Waals surface area contributed by atoms with Gasteiger partial charge in [0.25, 0.3) is 0 Å². The van der Waals surface area contributed by atoms with Crippen molar-refractivity contribution >= 4 is 0 Å². The summed E-state index contributed by atoms with van der Waals surface area (Å²) in [6.07, 6.45) is 2.25. The first-order chi connectivity index (χ1) is 10.3. The van der Waals surface area contributed by atoms with Crippen LogP contribution in [0.1, 0.15) is 30.0 Å². The van der Waals surface area contributed by atoms with Gasteiger partial charge in [-0.2, -0.15) is 0 Å². The van der Waals surface area contributed by atoms with Crippen molar-refractivity contribution in [2.75, 3.05) is 13.2 Å². The summed E-state index contributed by atoms with van der Waals surface area (Å²) in [6, 6.07) is 13.2.